The van der Waals surface area contributed by atoms with Crippen molar-refractivity contribution in [2.75, 3.05) is 24.9 Å². The number of nitrogens with one attached hydrogen (secondary N) is 2. The monoisotopic (exact) mass is 385 g/mol. The Bertz CT molecular complexity index is 918. The molecule has 0 saturated carbocycles. The van der Waals surface area contributed by atoms with E-state index in [4.69, 9.17) is 21.1 Å². The summed E-state index contributed by atoms with van der Waals surface area (Å²) in [5.41, 5.74) is 2.76. The van der Waals surface area contributed by atoms with Gasteiger partial charge in [-0.2, -0.15) is 10.1 Å². The molecule has 2 N–H and O–H groups in total. The van der Waals surface area contributed by atoms with Gasteiger partial charge >= 0.3 is 0 Å². The van der Waals surface area contributed by atoms with Gasteiger partial charge in [0, 0.05) is 17.6 Å². The highest BCUT2D eigenvalue weighted by molar-refractivity contribution is 6.31. The Hall–Kier alpha value is -3.06. The van der Waals surface area contributed by atoms with Crippen LogP contribution in [0, 0.1) is 6.92 Å². The lowest BCUT2D eigenvalue weighted by atomic mass is 10.2. The van der Waals surface area contributed by atoms with Crippen molar-refractivity contribution in [3.8, 4) is 11.5 Å². The number of methoxy groups -OCH3 is 2. The Balaban J connectivity index is 1.71. The summed E-state index contributed by atoms with van der Waals surface area (Å²) in [5.74, 6) is 2.40. The van der Waals surface area contributed by atoms with Crippen LogP contribution in [0.5, 0.6) is 11.5 Å². The standard InChI is InChI=1S/C19H20ClN5O2/c1-12-8-16(17(27-3)9-15(12)20)23-18-11-22-25-19(24-18)21-10-13-4-6-14(26-2)7-5-13/h4-9,11H,10H2,1-3H3,(H2,21,23,24,25). The molecule has 0 atom stereocenters. The third kappa shape index (κ3) is 4.77. The van der Waals surface area contributed by atoms with E-state index in [2.05, 4.69) is 25.8 Å². The molecule has 8 heteroatoms. The van der Waals surface area contributed by atoms with E-state index in [9.17, 15) is 0 Å². The van der Waals surface area contributed by atoms with E-state index in [1.807, 2.05) is 37.3 Å². The van der Waals surface area contributed by atoms with Gasteiger partial charge in [0.05, 0.1) is 26.1 Å². The molecule has 3 aromatic rings. The Kier molecular flexibility index (Phi) is 5.93. The number of nitrogens with zero attached hydrogens (tertiary/aromatic N) is 3. The van der Waals surface area contributed by atoms with Gasteiger partial charge in [0.2, 0.25) is 5.95 Å². The molecule has 0 aliphatic carbocycles. The molecule has 0 amide bonds. The number of hydrogen-bond donors (Lipinski definition) is 2. The zero-order valence-electron chi connectivity index (χ0n) is 15.3. The van der Waals surface area contributed by atoms with Crippen LogP contribution in [-0.4, -0.2) is 29.4 Å². The molecule has 27 heavy (non-hydrogen) atoms. The molecule has 140 valence electrons. The lowest BCUT2D eigenvalue weighted by Crippen LogP contribution is -2.06. The van der Waals surface area contributed by atoms with Crippen molar-refractivity contribution in [3.63, 3.8) is 0 Å². The summed E-state index contributed by atoms with van der Waals surface area (Å²) in [6.45, 7) is 2.49. The highest BCUT2D eigenvalue weighted by Crippen LogP contribution is 2.32. The molecule has 0 unspecified atom stereocenters. The van der Waals surface area contributed by atoms with Crippen molar-refractivity contribution in [1.29, 1.82) is 0 Å². The Morgan fingerprint density at radius 1 is 1.07 bits per heavy atom. The van der Waals surface area contributed by atoms with E-state index in [1.165, 1.54) is 0 Å². The molecular formula is C19H20ClN5O2. The SMILES string of the molecule is COc1ccc(CNc2nncc(Nc3cc(C)c(Cl)cc3OC)n2)cc1. The van der Waals surface area contributed by atoms with Crippen LogP contribution in [-0.2, 0) is 6.54 Å². The minimum absolute atomic E-state index is 0.417. The van der Waals surface area contributed by atoms with Gasteiger partial charge in [-0.15, -0.1) is 5.10 Å². The first-order valence-electron chi connectivity index (χ1n) is 8.26. The van der Waals surface area contributed by atoms with E-state index in [0.29, 0.717) is 29.1 Å². The second-order valence-corrected chi connectivity index (χ2v) is 6.20. The summed E-state index contributed by atoms with van der Waals surface area (Å²) in [5, 5.41) is 15.0. The Morgan fingerprint density at radius 2 is 1.85 bits per heavy atom. The molecule has 0 bridgehead atoms. The summed E-state index contributed by atoms with van der Waals surface area (Å²) >= 11 is 6.15. The van der Waals surface area contributed by atoms with Gasteiger partial charge in [-0.05, 0) is 36.2 Å². The highest BCUT2D eigenvalue weighted by Gasteiger charge is 2.09. The first kappa shape index (κ1) is 18.7. The molecule has 0 aliphatic heterocycles. The summed E-state index contributed by atoms with van der Waals surface area (Å²) in [6, 6.07) is 11.4. The molecule has 0 radical (unpaired) electrons. The lowest BCUT2D eigenvalue weighted by Gasteiger charge is -2.13. The maximum Gasteiger partial charge on any atom is 0.244 e. The number of aromatic nitrogens is 3. The molecule has 0 spiro atoms. The maximum atomic E-state index is 6.15. The molecule has 1 heterocycles. The second kappa shape index (κ2) is 8.55. The summed E-state index contributed by atoms with van der Waals surface area (Å²) < 4.78 is 10.5. The summed E-state index contributed by atoms with van der Waals surface area (Å²) in [7, 11) is 3.23. The normalized spacial score (nSPS) is 10.4. The van der Waals surface area contributed by atoms with Gasteiger partial charge in [-0.3, -0.25) is 0 Å². The number of halogens is 1. The fraction of sp³-hybridized carbons (Fsp3) is 0.211. The third-order valence-corrected chi connectivity index (χ3v) is 4.32. The second-order valence-electron chi connectivity index (χ2n) is 5.79. The van der Waals surface area contributed by atoms with Crippen molar-refractivity contribution in [2.45, 2.75) is 13.5 Å². The van der Waals surface area contributed by atoms with Crippen LogP contribution in [0.2, 0.25) is 5.02 Å². The molecular weight excluding hydrogens is 366 g/mol. The maximum absolute atomic E-state index is 6.15. The lowest BCUT2D eigenvalue weighted by molar-refractivity contribution is 0.414. The highest BCUT2D eigenvalue weighted by atomic mass is 35.5. The van der Waals surface area contributed by atoms with Crippen LogP contribution in [0.4, 0.5) is 17.5 Å². The largest absolute Gasteiger partial charge is 0.497 e. The predicted octanol–water partition coefficient (Wildman–Crippen LogP) is 4.21. The number of ether oxygens (including phenoxy) is 2. The van der Waals surface area contributed by atoms with Crippen LogP contribution in [0.1, 0.15) is 11.1 Å². The van der Waals surface area contributed by atoms with Gasteiger partial charge < -0.3 is 20.1 Å². The third-order valence-electron chi connectivity index (χ3n) is 3.91. The van der Waals surface area contributed by atoms with Crippen molar-refractivity contribution < 1.29 is 9.47 Å². The first-order chi connectivity index (χ1) is 13.1. The van der Waals surface area contributed by atoms with E-state index in [1.54, 1.807) is 26.5 Å². The quantitative estimate of drug-likeness (QED) is 0.630. The van der Waals surface area contributed by atoms with Gasteiger partial charge in [0.1, 0.15) is 11.5 Å². The van der Waals surface area contributed by atoms with Crippen molar-refractivity contribution in [1.82, 2.24) is 15.2 Å². The van der Waals surface area contributed by atoms with Gasteiger partial charge in [0.25, 0.3) is 0 Å². The average molecular weight is 386 g/mol. The van der Waals surface area contributed by atoms with E-state index in [0.717, 1.165) is 22.6 Å². The molecule has 3 rings (SSSR count). The zero-order chi connectivity index (χ0) is 19.2. The number of benzene rings is 2. The Labute approximate surface area is 162 Å². The predicted molar refractivity (Wildman–Crippen MR) is 106 cm³/mol. The van der Waals surface area contributed by atoms with Crippen molar-refractivity contribution in [3.05, 3.63) is 58.7 Å². The summed E-state index contributed by atoms with van der Waals surface area (Å²) in [6.07, 6.45) is 1.54. The fourth-order valence-electron chi connectivity index (χ4n) is 2.43. The molecule has 0 fully saturated rings. The van der Waals surface area contributed by atoms with Gasteiger partial charge in [-0.1, -0.05) is 23.7 Å². The molecule has 0 aliphatic rings. The number of anilines is 3. The Morgan fingerprint density at radius 3 is 2.56 bits per heavy atom. The smallest absolute Gasteiger partial charge is 0.244 e. The molecule has 2 aromatic carbocycles. The van der Waals surface area contributed by atoms with Crippen LogP contribution in [0.15, 0.2) is 42.6 Å². The zero-order valence-corrected chi connectivity index (χ0v) is 16.0. The summed E-state index contributed by atoms with van der Waals surface area (Å²) in [4.78, 5) is 4.44. The van der Waals surface area contributed by atoms with Crippen LogP contribution >= 0.6 is 11.6 Å². The van der Waals surface area contributed by atoms with Gasteiger partial charge in [-0.25, -0.2) is 0 Å². The molecule has 7 nitrogen and oxygen atoms in total. The number of hydrogen-bond acceptors (Lipinski definition) is 7. The van der Waals surface area contributed by atoms with E-state index in [-0.39, 0.29) is 0 Å². The van der Waals surface area contributed by atoms with Crippen LogP contribution in [0.3, 0.4) is 0 Å². The topological polar surface area (TPSA) is 81.2 Å². The van der Waals surface area contributed by atoms with E-state index < -0.39 is 0 Å². The van der Waals surface area contributed by atoms with Crippen LogP contribution < -0.4 is 20.1 Å². The fourth-order valence-corrected chi connectivity index (χ4v) is 2.58. The van der Waals surface area contributed by atoms with Crippen molar-refractivity contribution >= 4 is 29.1 Å². The van der Waals surface area contributed by atoms with Gasteiger partial charge in [0.15, 0.2) is 5.82 Å². The molecule has 0 saturated heterocycles. The minimum atomic E-state index is 0.417. The number of rotatable bonds is 7. The van der Waals surface area contributed by atoms with Crippen molar-refractivity contribution in [2.24, 2.45) is 0 Å². The average Bonchev–Trinajstić information content (AvgIpc) is 2.69. The first-order valence-corrected chi connectivity index (χ1v) is 8.64. The number of aryl methyl sites for hydroxylation is 1. The van der Waals surface area contributed by atoms with E-state index >= 15 is 0 Å². The van der Waals surface area contributed by atoms with Crippen LogP contribution in [0.25, 0.3) is 0 Å². The molecule has 1 aromatic heterocycles. The minimum Gasteiger partial charge on any atom is -0.497 e.